The molecule has 0 heterocycles. The molecule has 0 aromatic heterocycles. The van der Waals surface area contributed by atoms with Gasteiger partial charge in [-0.25, -0.2) is 0 Å². The fraction of sp³-hybridized carbons (Fsp3) is 0.385. The van der Waals surface area contributed by atoms with Crippen LogP contribution in [0, 0.1) is 19.3 Å². The van der Waals surface area contributed by atoms with E-state index in [9.17, 15) is 0 Å². The molecule has 1 aromatic carbocycles. The molecule has 1 unspecified atom stereocenters. The molecular weight excluding hydrogens is 184 g/mol. The van der Waals surface area contributed by atoms with Crippen molar-refractivity contribution in [3.63, 3.8) is 0 Å². The quantitative estimate of drug-likeness (QED) is 0.333. The van der Waals surface area contributed by atoms with Crippen molar-refractivity contribution in [1.82, 2.24) is 5.43 Å². The van der Waals surface area contributed by atoms with Gasteiger partial charge >= 0.3 is 0 Å². The van der Waals surface area contributed by atoms with Gasteiger partial charge in [-0.3, -0.25) is 11.3 Å². The maximum absolute atomic E-state index is 5.55. The predicted molar refractivity (Wildman–Crippen MR) is 63.9 cm³/mol. The topological polar surface area (TPSA) is 38.0 Å². The van der Waals surface area contributed by atoms with E-state index < -0.39 is 0 Å². The highest BCUT2D eigenvalue weighted by Crippen LogP contribution is 2.21. The Hall–Kier alpha value is -1.30. The summed E-state index contributed by atoms with van der Waals surface area (Å²) in [5, 5.41) is 0. The number of benzene rings is 1. The first-order chi connectivity index (χ1) is 7.29. The van der Waals surface area contributed by atoms with Gasteiger partial charge in [0.1, 0.15) is 0 Å². The number of unbranched alkanes of at least 4 members (excludes halogenated alkanes) is 1. The molecule has 0 bridgehead atoms. The van der Waals surface area contributed by atoms with Crippen LogP contribution in [0.5, 0.6) is 0 Å². The lowest BCUT2D eigenvalue weighted by atomic mass is 9.97. The molecule has 2 heteroatoms. The number of terminal acetylenes is 1. The Kier molecular flexibility index (Phi) is 4.89. The Morgan fingerprint density at radius 2 is 2.20 bits per heavy atom. The second kappa shape index (κ2) is 6.23. The highest BCUT2D eigenvalue weighted by Gasteiger charge is 2.10. The lowest BCUT2D eigenvalue weighted by Crippen LogP contribution is -2.28. The molecule has 1 rings (SSSR count). The van der Waals surface area contributed by atoms with Crippen molar-refractivity contribution in [3.05, 3.63) is 35.4 Å². The van der Waals surface area contributed by atoms with Crippen LogP contribution in [0.2, 0.25) is 0 Å². The minimum Gasteiger partial charge on any atom is -0.271 e. The summed E-state index contributed by atoms with van der Waals surface area (Å²) in [5.74, 6) is 8.20. The zero-order valence-electron chi connectivity index (χ0n) is 9.16. The van der Waals surface area contributed by atoms with Crippen molar-refractivity contribution in [2.24, 2.45) is 5.84 Å². The number of hydrogen-bond acceptors (Lipinski definition) is 2. The van der Waals surface area contributed by atoms with Gasteiger partial charge in [0.05, 0.1) is 0 Å². The SMILES string of the molecule is C#CCCCC(NN)c1ccccc1C. The summed E-state index contributed by atoms with van der Waals surface area (Å²) in [6, 6.07) is 8.48. The molecule has 0 amide bonds. The molecule has 0 saturated carbocycles. The average Bonchev–Trinajstić information content (AvgIpc) is 2.26. The van der Waals surface area contributed by atoms with Gasteiger partial charge in [0, 0.05) is 12.5 Å². The summed E-state index contributed by atoms with van der Waals surface area (Å²) in [6.45, 7) is 2.10. The molecule has 0 aliphatic carbocycles. The Labute approximate surface area is 91.8 Å². The Balaban J connectivity index is 2.66. The normalized spacial score (nSPS) is 12.1. The molecule has 1 aromatic rings. The standard InChI is InChI=1S/C13H18N2/c1-3-4-5-10-13(15-14)12-9-7-6-8-11(12)2/h1,6-9,13,15H,4-5,10,14H2,2H3. The minimum absolute atomic E-state index is 0.208. The first kappa shape index (κ1) is 11.8. The van der Waals surface area contributed by atoms with Crippen LogP contribution in [0.25, 0.3) is 0 Å². The Bertz CT molecular complexity index is 339. The van der Waals surface area contributed by atoms with Gasteiger partial charge in [-0.15, -0.1) is 12.3 Å². The molecule has 0 spiro atoms. The molecule has 80 valence electrons. The fourth-order valence-electron chi connectivity index (χ4n) is 1.71. The second-order valence-corrected chi connectivity index (χ2v) is 3.67. The Morgan fingerprint density at radius 1 is 1.47 bits per heavy atom. The van der Waals surface area contributed by atoms with Crippen LogP contribution in [0.3, 0.4) is 0 Å². The fourth-order valence-corrected chi connectivity index (χ4v) is 1.71. The zero-order valence-corrected chi connectivity index (χ0v) is 9.16. The van der Waals surface area contributed by atoms with Gasteiger partial charge in [0.2, 0.25) is 0 Å². The third-order valence-corrected chi connectivity index (χ3v) is 2.58. The number of aryl methyl sites for hydroxylation is 1. The van der Waals surface area contributed by atoms with E-state index in [1.807, 2.05) is 12.1 Å². The third kappa shape index (κ3) is 3.39. The maximum atomic E-state index is 5.55. The van der Waals surface area contributed by atoms with E-state index in [0.29, 0.717) is 0 Å². The van der Waals surface area contributed by atoms with Crippen LogP contribution in [0.15, 0.2) is 24.3 Å². The van der Waals surface area contributed by atoms with Crippen LogP contribution in [0.4, 0.5) is 0 Å². The van der Waals surface area contributed by atoms with Crippen molar-refractivity contribution in [2.45, 2.75) is 32.2 Å². The summed E-state index contributed by atoms with van der Waals surface area (Å²) < 4.78 is 0. The van der Waals surface area contributed by atoms with Gasteiger partial charge in [-0.2, -0.15) is 0 Å². The molecule has 2 nitrogen and oxygen atoms in total. The summed E-state index contributed by atoms with van der Waals surface area (Å²) in [6.07, 6.45) is 8.01. The average molecular weight is 202 g/mol. The van der Waals surface area contributed by atoms with Crippen LogP contribution < -0.4 is 11.3 Å². The van der Waals surface area contributed by atoms with Crippen molar-refractivity contribution in [2.75, 3.05) is 0 Å². The van der Waals surface area contributed by atoms with Gasteiger partial charge in [0.25, 0.3) is 0 Å². The van der Waals surface area contributed by atoms with Crippen LogP contribution >= 0.6 is 0 Å². The van der Waals surface area contributed by atoms with Gasteiger partial charge in [-0.1, -0.05) is 24.3 Å². The molecule has 3 N–H and O–H groups in total. The molecule has 0 saturated heterocycles. The van der Waals surface area contributed by atoms with E-state index in [1.54, 1.807) is 0 Å². The number of hydrazine groups is 1. The van der Waals surface area contributed by atoms with Crippen LogP contribution in [0.1, 0.15) is 36.4 Å². The van der Waals surface area contributed by atoms with Crippen LogP contribution in [-0.4, -0.2) is 0 Å². The molecule has 15 heavy (non-hydrogen) atoms. The first-order valence-electron chi connectivity index (χ1n) is 5.24. The minimum atomic E-state index is 0.208. The molecule has 0 fully saturated rings. The van der Waals surface area contributed by atoms with E-state index >= 15 is 0 Å². The molecule has 1 atom stereocenters. The summed E-state index contributed by atoms with van der Waals surface area (Å²) >= 11 is 0. The lowest BCUT2D eigenvalue weighted by Gasteiger charge is -2.17. The molecule has 0 aliphatic rings. The predicted octanol–water partition coefficient (Wildman–Crippen LogP) is 2.30. The third-order valence-electron chi connectivity index (χ3n) is 2.58. The smallest absolute Gasteiger partial charge is 0.0462 e. The zero-order chi connectivity index (χ0) is 11.1. The number of hydrogen-bond donors (Lipinski definition) is 2. The van der Waals surface area contributed by atoms with E-state index in [1.165, 1.54) is 11.1 Å². The van der Waals surface area contributed by atoms with Crippen LogP contribution in [-0.2, 0) is 0 Å². The van der Waals surface area contributed by atoms with Crippen molar-refractivity contribution < 1.29 is 0 Å². The van der Waals surface area contributed by atoms with E-state index in [-0.39, 0.29) is 6.04 Å². The van der Waals surface area contributed by atoms with Gasteiger partial charge in [-0.05, 0) is 30.9 Å². The highest BCUT2D eigenvalue weighted by molar-refractivity contribution is 5.28. The number of nitrogens with two attached hydrogens (primary N) is 1. The summed E-state index contributed by atoms with van der Waals surface area (Å²) in [5.41, 5.74) is 5.38. The largest absolute Gasteiger partial charge is 0.271 e. The monoisotopic (exact) mass is 202 g/mol. The molecule has 0 radical (unpaired) electrons. The molecular formula is C13H18N2. The van der Waals surface area contributed by atoms with Crippen molar-refractivity contribution >= 4 is 0 Å². The Morgan fingerprint density at radius 3 is 2.80 bits per heavy atom. The molecule has 0 aliphatic heterocycles. The highest BCUT2D eigenvalue weighted by atomic mass is 15.2. The second-order valence-electron chi connectivity index (χ2n) is 3.67. The summed E-state index contributed by atoms with van der Waals surface area (Å²) in [4.78, 5) is 0. The van der Waals surface area contributed by atoms with E-state index in [2.05, 4.69) is 30.4 Å². The van der Waals surface area contributed by atoms with Crippen molar-refractivity contribution in [3.8, 4) is 12.3 Å². The first-order valence-corrected chi connectivity index (χ1v) is 5.24. The number of nitrogens with one attached hydrogen (secondary N) is 1. The van der Waals surface area contributed by atoms with Crippen molar-refractivity contribution in [1.29, 1.82) is 0 Å². The van der Waals surface area contributed by atoms with Gasteiger partial charge < -0.3 is 0 Å². The number of rotatable bonds is 5. The summed E-state index contributed by atoms with van der Waals surface area (Å²) in [7, 11) is 0. The van der Waals surface area contributed by atoms with E-state index in [0.717, 1.165) is 19.3 Å². The van der Waals surface area contributed by atoms with Gasteiger partial charge in [0.15, 0.2) is 0 Å². The lowest BCUT2D eigenvalue weighted by molar-refractivity contribution is 0.500. The van der Waals surface area contributed by atoms with E-state index in [4.69, 9.17) is 12.3 Å². The maximum Gasteiger partial charge on any atom is 0.0462 e.